The van der Waals surface area contributed by atoms with Gasteiger partial charge in [0, 0.05) is 5.56 Å². The summed E-state index contributed by atoms with van der Waals surface area (Å²) >= 11 is 0. The maximum Gasteiger partial charge on any atom is 0.240 e. The molecule has 5 nitrogen and oxygen atoms in total. The number of nitrogens with two attached hydrogens (primary N) is 1. The Bertz CT molecular complexity index is 631. The summed E-state index contributed by atoms with van der Waals surface area (Å²) in [6.45, 7) is 2.59. The Hall–Kier alpha value is -1.88. The topological polar surface area (TPSA) is 74.2 Å². The van der Waals surface area contributed by atoms with Gasteiger partial charge >= 0.3 is 0 Å². The van der Waals surface area contributed by atoms with E-state index in [9.17, 15) is 0 Å². The summed E-state index contributed by atoms with van der Waals surface area (Å²) in [6, 6.07) is 6.12. The van der Waals surface area contributed by atoms with Crippen molar-refractivity contribution in [3.8, 4) is 17.1 Å². The first-order valence-corrected chi connectivity index (χ1v) is 7.92. The summed E-state index contributed by atoms with van der Waals surface area (Å²) in [7, 11) is 1.73. The highest BCUT2D eigenvalue weighted by Crippen LogP contribution is 2.40. The highest BCUT2D eigenvalue weighted by molar-refractivity contribution is 5.59. The summed E-state index contributed by atoms with van der Waals surface area (Å²) in [6.07, 6.45) is 4.97. The normalized spacial score (nSPS) is 21.8. The zero-order chi connectivity index (χ0) is 15.5. The van der Waals surface area contributed by atoms with Crippen LogP contribution in [0.15, 0.2) is 22.7 Å². The number of rotatable bonds is 4. The van der Waals surface area contributed by atoms with E-state index in [1.54, 1.807) is 7.11 Å². The molecule has 0 unspecified atom stereocenters. The first-order chi connectivity index (χ1) is 10.7. The molecule has 0 spiro atoms. The van der Waals surface area contributed by atoms with Gasteiger partial charge in [-0.3, -0.25) is 0 Å². The van der Waals surface area contributed by atoms with Crippen LogP contribution < -0.4 is 10.5 Å². The lowest BCUT2D eigenvalue weighted by molar-refractivity contribution is 0.336. The van der Waals surface area contributed by atoms with Crippen LogP contribution in [0, 0.1) is 5.92 Å². The molecular weight excluding hydrogens is 278 g/mol. The zero-order valence-electron chi connectivity index (χ0n) is 13.2. The van der Waals surface area contributed by atoms with Crippen molar-refractivity contribution in [2.75, 3.05) is 7.11 Å². The maximum atomic E-state index is 5.56. The van der Waals surface area contributed by atoms with E-state index >= 15 is 0 Å². The highest BCUT2D eigenvalue weighted by atomic mass is 16.5. The minimum Gasteiger partial charge on any atom is -0.496 e. The average Bonchev–Trinajstić information content (AvgIpc) is 3.04. The largest absolute Gasteiger partial charge is 0.496 e. The molecule has 5 heteroatoms. The number of benzene rings is 1. The highest BCUT2D eigenvalue weighted by Gasteiger charge is 2.23. The molecule has 1 aromatic carbocycles. The van der Waals surface area contributed by atoms with Gasteiger partial charge in [0.2, 0.25) is 11.7 Å². The fraction of sp³-hybridized carbons (Fsp3) is 0.529. The Labute approximate surface area is 130 Å². The third kappa shape index (κ3) is 2.99. The molecule has 118 valence electrons. The molecule has 0 atom stereocenters. The van der Waals surface area contributed by atoms with Crippen LogP contribution in [-0.4, -0.2) is 17.3 Å². The van der Waals surface area contributed by atoms with Gasteiger partial charge < -0.3 is 15.0 Å². The van der Waals surface area contributed by atoms with Gasteiger partial charge in [0.25, 0.3) is 0 Å². The molecule has 0 radical (unpaired) electrons. The van der Waals surface area contributed by atoms with Crippen molar-refractivity contribution < 1.29 is 9.26 Å². The van der Waals surface area contributed by atoms with Crippen molar-refractivity contribution in [1.82, 2.24) is 10.1 Å². The minimum atomic E-state index is 0.260. The second-order valence-corrected chi connectivity index (χ2v) is 6.13. The number of hydrogen-bond donors (Lipinski definition) is 1. The van der Waals surface area contributed by atoms with Crippen molar-refractivity contribution >= 4 is 0 Å². The van der Waals surface area contributed by atoms with Crippen LogP contribution >= 0.6 is 0 Å². The monoisotopic (exact) mass is 301 g/mol. The van der Waals surface area contributed by atoms with E-state index in [0.29, 0.717) is 17.6 Å². The van der Waals surface area contributed by atoms with Crippen molar-refractivity contribution in [1.29, 1.82) is 0 Å². The van der Waals surface area contributed by atoms with E-state index in [4.69, 9.17) is 15.0 Å². The Balaban J connectivity index is 1.92. The number of nitrogens with zero attached hydrogens (tertiary/aromatic N) is 2. The lowest BCUT2D eigenvalue weighted by atomic mass is 9.79. The minimum absolute atomic E-state index is 0.260. The fourth-order valence-electron chi connectivity index (χ4n) is 3.22. The molecule has 1 heterocycles. The lowest BCUT2D eigenvalue weighted by Gasteiger charge is -2.27. The first kappa shape index (κ1) is 15.0. The molecule has 0 saturated heterocycles. The molecule has 2 aromatic rings. The molecule has 2 N–H and O–H groups in total. The van der Waals surface area contributed by atoms with Gasteiger partial charge in [-0.1, -0.05) is 24.9 Å². The molecule has 0 bridgehead atoms. The SMILES string of the molecule is COc1ccc(-c2noc(CN)n2)cc1C1CCC(C)CC1. The second-order valence-electron chi connectivity index (χ2n) is 6.13. The van der Waals surface area contributed by atoms with Crippen molar-refractivity contribution in [2.24, 2.45) is 11.7 Å². The van der Waals surface area contributed by atoms with Crippen molar-refractivity contribution in [2.45, 2.75) is 45.1 Å². The number of ether oxygens (including phenoxy) is 1. The summed E-state index contributed by atoms with van der Waals surface area (Å²) in [4.78, 5) is 4.31. The molecule has 1 fully saturated rings. The summed E-state index contributed by atoms with van der Waals surface area (Å²) in [5.41, 5.74) is 7.74. The number of aromatic nitrogens is 2. The summed E-state index contributed by atoms with van der Waals surface area (Å²) in [5.74, 6) is 3.37. The van der Waals surface area contributed by atoms with E-state index in [-0.39, 0.29) is 6.54 Å². The Morgan fingerprint density at radius 3 is 2.68 bits per heavy atom. The van der Waals surface area contributed by atoms with E-state index in [2.05, 4.69) is 23.1 Å². The van der Waals surface area contributed by atoms with E-state index < -0.39 is 0 Å². The Morgan fingerprint density at radius 1 is 1.27 bits per heavy atom. The number of hydrogen-bond acceptors (Lipinski definition) is 5. The van der Waals surface area contributed by atoms with Crippen LogP contribution in [0.25, 0.3) is 11.4 Å². The van der Waals surface area contributed by atoms with Crippen molar-refractivity contribution in [3.05, 3.63) is 29.7 Å². The standard InChI is InChI=1S/C17H23N3O2/c1-11-3-5-12(6-4-11)14-9-13(7-8-15(14)21-2)17-19-16(10-18)22-20-17/h7-9,11-12H,3-6,10,18H2,1-2H3. The average molecular weight is 301 g/mol. The molecule has 1 saturated carbocycles. The van der Waals surface area contributed by atoms with Gasteiger partial charge in [-0.15, -0.1) is 0 Å². The summed E-state index contributed by atoms with van der Waals surface area (Å²) in [5, 5.41) is 4.00. The van der Waals surface area contributed by atoms with Gasteiger partial charge in [-0.05, 0) is 48.4 Å². The molecule has 1 aliphatic carbocycles. The zero-order valence-corrected chi connectivity index (χ0v) is 13.2. The molecule has 1 aliphatic rings. The second kappa shape index (κ2) is 6.48. The van der Waals surface area contributed by atoms with Crippen LogP contribution in [-0.2, 0) is 6.54 Å². The van der Waals surface area contributed by atoms with Crippen LogP contribution in [0.2, 0.25) is 0 Å². The van der Waals surface area contributed by atoms with Gasteiger partial charge in [0.05, 0.1) is 13.7 Å². The van der Waals surface area contributed by atoms with Gasteiger partial charge in [0.1, 0.15) is 5.75 Å². The number of methoxy groups -OCH3 is 1. The van der Waals surface area contributed by atoms with Crippen LogP contribution in [0.5, 0.6) is 5.75 Å². The molecule has 0 aliphatic heterocycles. The third-order valence-electron chi connectivity index (χ3n) is 4.59. The van der Waals surface area contributed by atoms with Crippen LogP contribution in [0.3, 0.4) is 0 Å². The van der Waals surface area contributed by atoms with Gasteiger partial charge in [-0.25, -0.2) is 0 Å². The summed E-state index contributed by atoms with van der Waals surface area (Å²) < 4.78 is 10.7. The maximum absolute atomic E-state index is 5.56. The predicted octanol–water partition coefficient (Wildman–Crippen LogP) is 3.50. The lowest BCUT2D eigenvalue weighted by Crippen LogP contribution is -2.11. The molecule has 3 rings (SSSR count). The van der Waals surface area contributed by atoms with Crippen molar-refractivity contribution in [3.63, 3.8) is 0 Å². The quantitative estimate of drug-likeness (QED) is 0.935. The van der Waals surface area contributed by atoms with Gasteiger partial charge in [-0.2, -0.15) is 4.98 Å². The molecule has 0 amide bonds. The van der Waals surface area contributed by atoms with Crippen LogP contribution in [0.4, 0.5) is 0 Å². The Kier molecular flexibility index (Phi) is 4.43. The molecule has 1 aromatic heterocycles. The molecule has 22 heavy (non-hydrogen) atoms. The Morgan fingerprint density at radius 2 is 2.05 bits per heavy atom. The van der Waals surface area contributed by atoms with E-state index in [0.717, 1.165) is 17.2 Å². The van der Waals surface area contributed by atoms with E-state index in [1.165, 1.54) is 31.2 Å². The smallest absolute Gasteiger partial charge is 0.240 e. The fourth-order valence-corrected chi connectivity index (χ4v) is 3.22. The van der Waals surface area contributed by atoms with Gasteiger partial charge in [0.15, 0.2) is 0 Å². The predicted molar refractivity (Wildman–Crippen MR) is 84.6 cm³/mol. The first-order valence-electron chi connectivity index (χ1n) is 7.92. The van der Waals surface area contributed by atoms with E-state index in [1.807, 2.05) is 12.1 Å². The molecular formula is C17H23N3O2. The van der Waals surface area contributed by atoms with Crippen LogP contribution in [0.1, 0.15) is 50.0 Å². The third-order valence-corrected chi connectivity index (χ3v) is 4.59.